The van der Waals surface area contributed by atoms with Crippen molar-refractivity contribution in [3.8, 4) is 5.75 Å². The molecule has 0 aliphatic carbocycles. The summed E-state index contributed by atoms with van der Waals surface area (Å²) in [6, 6.07) is 13.7. The van der Waals surface area contributed by atoms with Crippen molar-refractivity contribution >= 4 is 56.9 Å². The first-order valence-electron chi connectivity index (χ1n) is 8.18. The van der Waals surface area contributed by atoms with Crippen LogP contribution in [-0.4, -0.2) is 16.1 Å². The molecule has 3 aromatic rings. The van der Waals surface area contributed by atoms with Gasteiger partial charge in [0.1, 0.15) is 18.6 Å². The van der Waals surface area contributed by atoms with Gasteiger partial charge in [-0.1, -0.05) is 35.3 Å². The summed E-state index contributed by atoms with van der Waals surface area (Å²) in [5.41, 5.74) is 4.28. The van der Waals surface area contributed by atoms with Crippen LogP contribution in [0.1, 0.15) is 11.1 Å². The van der Waals surface area contributed by atoms with Gasteiger partial charge in [0.05, 0.1) is 20.6 Å². The third-order valence-electron chi connectivity index (χ3n) is 3.67. The highest BCUT2D eigenvalue weighted by Crippen LogP contribution is 2.34. The molecule has 148 valence electrons. The maximum absolute atomic E-state index is 10.6. The number of pyridine rings is 1. The molecule has 1 heterocycles. The number of ether oxygens (including phenoxy) is 1. The van der Waals surface area contributed by atoms with Crippen LogP contribution in [-0.2, 0) is 6.61 Å². The van der Waals surface area contributed by atoms with E-state index in [1.807, 2.05) is 12.1 Å². The second-order valence-corrected chi connectivity index (χ2v) is 7.46. The molecule has 0 unspecified atom stereocenters. The molecule has 0 aliphatic rings. The first-order chi connectivity index (χ1) is 13.9. The third kappa shape index (κ3) is 5.90. The van der Waals surface area contributed by atoms with Crippen molar-refractivity contribution < 1.29 is 9.66 Å². The van der Waals surface area contributed by atoms with E-state index in [0.29, 0.717) is 32.7 Å². The van der Waals surface area contributed by atoms with Gasteiger partial charge < -0.3 is 4.74 Å². The molecule has 0 spiro atoms. The minimum atomic E-state index is -0.518. The molecule has 0 fully saturated rings. The van der Waals surface area contributed by atoms with Gasteiger partial charge in [-0.25, -0.2) is 4.98 Å². The van der Waals surface area contributed by atoms with Crippen LogP contribution in [0.2, 0.25) is 10.0 Å². The molecule has 0 amide bonds. The van der Waals surface area contributed by atoms with Crippen LogP contribution < -0.4 is 10.2 Å². The lowest BCUT2D eigenvalue weighted by molar-refractivity contribution is -0.385. The molecule has 0 saturated carbocycles. The number of nitrogens with one attached hydrogen (secondary N) is 1. The van der Waals surface area contributed by atoms with Gasteiger partial charge in [0.25, 0.3) is 5.69 Å². The highest BCUT2D eigenvalue weighted by atomic mass is 79.9. The summed E-state index contributed by atoms with van der Waals surface area (Å²) >= 11 is 15.7. The van der Waals surface area contributed by atoms with E-state index in [-0.39, 0.29) is 5.69 Å². The van der Waals surface area contributed by atoms with Gasteiger partial charge in [-0.05, 0) is 57.4 Å². The number of aromatic nitrogens is 1. The Hall–Kier alpha value is -2.68. The fourth-order valence-corrected chi connectivity index (χ4v) is 3.38. The monoisotopic (exact) mass is 494 g/mol. The number of rotatable bonds is 7. The molecule has 1 N–H and O–H groups in total. The van der Waals surface area contributed by atoms with Crippen molar-refractivity contribution in [1.29, 1.82) is 0 Å². The number of anilines is 1. The number of benzene rings is 2. The number of nitrogens with zero attached hydrogens (tertiary/aromatic N) is 3. The quantitative estimate of drug-likeness (QED) is 0.243. The molecule has 10 heteroatoms. The van der Waals surface area contributed by atoms with Crippen molar-refractivity contribution in [3.05, 3.63) is 90.5 Å². The normalized spacial score (nSPS) is 10.9. The average Bonchev–Trinajstić information content (AvgIpc) is 2.69. The molecule has 2 aromatic carbocycles. The van der Waals surface area contributed by atoms with Crippen LogP contribution in [0.3, 0.4) is 0 Å². The Kier molecular flexibility index (Phi) is 7.03. The van der Waals surface area contributed by atoms with Crippen LogP contribution in [0.5, 0.6) is 5.75 Å². The molecular formula is C19H13BrCl2N4O3. The van der Waals surface area contributed by atoms with Crippen molar-refractivity contribution in [2.75, 3.05) is 5.43 Å². The van der Waals surface area contributed by atoms with E-state index in [2.05, 4.69) is 31.4 Å². The van der Waals surface area contributed by atoms with Crippen molar-refractivity contribution in [2.45, 2.75) is 6.61 Å². The zero-order valence-corrected chi connectivity index (χ0v) is 17.8. The largest absolute Gasteiger partial charge is 0.486 e. The number of hydrogen-bond acceptors (Lipinski definition) is 6. The van der Waals surface area contributed by atoms with Gasteiger partial charge in [0.2, 0.25) is 0 Å². The molecule has 29 heavy (non-hydrogen) atoms. The number of hydrazone groups is 1. The summed E-state index contributed by atoms with van der Waals surface area (Å²) in [7, 11) is 0. The zero-order chi connectivity index (χ0) is 20.8. The zero-order valence-electron chi connectivity index (χ0n) is 14.7. The minimum Gasteiger partial charge on any atom is -0.486 e. The summed E-state index contributed by atoms with van der Waals surface area (Å²) in [6.45, 7) is 0.344. The molecule has 7 nitrogen and oxygen atoms in total. The van der Waals surface area contributed by atoms with Gasteiger partial charge in [0, 0.05) is 11.1 Å². The van der Waals surface area contributed by atoms with Crippen molar-refractivity contribution in [1.82, 2.24) is 4.98 Å². The van der Waals surface area contributed by atoms with Crippen LogP contribution in [0, 0.1) is 10.1 Å². The van der Waals surface area contributed by atoms with Gasteiger partial charge in [-0.2, -0.15) is 5.10 Å². The Labute approximate surface area is 184 Å². The summed E-state index contributed by atoms with van der Waals surface area (Å²) in [6.07, 6.45) is 2.70. The SMILES string of the molecule is O=[N+]([O-])c1ccc(N/N=C\c2cc(Cl)c(OCc3ccc(Cl)cc3)c(Br)c2)nc1. The maximum atomic E-state index is 10.6. The fourth-order valence-electron chi connectivity index (χ4n) is 2.26. The molecular weight excluding hydrogens is 483 g/mol. The van der Waals surface area contributed by atoms with E-state index in [1.165, 1.54) is 12.1 Å². The number of nitro groups is 1. The number of hydrogen-bond donors (Lipinski definition) is 1. The second-order valence-electron chi connectivity index (χ2n) is 5.76. The third-order valence-corrected chi connectivity index (χ3v) is 4.79. The average molecular weight is 496 g/mol. The molecule has 0 atom stereocenters. The molecule has 0 aliphatic heterocycles. The smallest absolute Gasteiger partial charge is 0.287 e. The van der Waals surface area contributed by atoms with Gasteiger partial charge in [-0.3, -0.25) is 15.5 Å². The highest BCUT2D eigenvalue weighted by molar-refractivity contribution is 9.10. The predicted molar refractivity (Wildman–Crippen MR) is 117 cm³/mol. The lowest BCUT2D eigenvalue weighted by Crippen LogP contribution is -1.98. The minimum absolute atomic E-state index is 0.0931. The standard InChI is InChI=1S/C19H13BrCl2N4O3/c20-16-7-13(9-24-25-18-6-5-15(10-23-18)26(27)28)8-17(22)19(16)29-11-12-1-3-14(21)4-2-12/h1-10H,11H2,(H,23,25)/b24-9-. The Morgan fingerprint density at radius 3 is 2.59 bits per heavy atom. The fraction of sp³-hybridized carbons (Fsp3) is 0.0526. The first-order valence-corrected chi connectivity index (χ1v) is 9.73. The lowest BCUT2D eigenvalue weighted by Gasteiger charge is -2.11. The van der Waals surface area contributed by atoms with E-state index in [4.69, 9.17) is 27.9 Å². The van der Waals surface area contributed by atoms with Crippen LogP contribution in [0.15, 0.2) is 64.3 Å². The first kappa shape index (κ1) is 21.0. The lowest BCUT2D eigenvalue weighted by atomic mass is 10.2. The second kappa shape index (κ2) is 9.69. The maximum Gasteiger partial charge on any atom is 0.287 e. The van der Waals surface area contributed by atoms with Gasteiger partial charge >= 0.3 is 0 Å². The molecule has 0 bridgehead atoms. The summed E-state index contributed by atoms with van der Waals surface area (Å²) in [5.74, 6) is 0.892. The summed E-state index contributed by atoms with van der Waals surface area (Å²) < 4.78 is 6.48. The van der Waals surface area contributed by atoms with Gasteiger partial charge in [0.15, 0.2) is 5.75 Å². The molecule has 3 rings (SSSR count). The van der Waals surface area contributed by atoms with Crippen molar-refractivity contribution in [2.24, 2.45) is 5.10 Å². The van der Waals surface area contributed by atoms with E-state index < -0.39 is 4.92 Å². The Morgan fingerprint density at radius 2 is 1.97 bits per heavy atom. The van der Waals surface area contributed by atoms with E-state index in [0.717, 1.165) is 17.3 Å². The highest BCUT2D eigenvalue weighted by Gasteiger charge is 2.09. The molecule has 1 aromatic heterocycles. The number of halogens is 3. The Balaban J connectivity index is 1.64. The molecule has 0 saturated heterocycles. The molecule has 0 radical (unpaired) electrons. The predicted octanol–water partition coefficient (Wildman–Crippen LogP) is 6.08. The van der Waals surface area contributed by atoms with E-state index in [1.54, 1.807) is 30.5 Å². The Bertz CT molecular complexity index is 1020. The van der Waals surface area contributed by atoms with Crippen LogP contribution >= 0.6 is 39.1 Å². The van der Waals surface area contributed by atoms with Crippen LogP contribution in [0.4, 0.5) is 11.5 Å². The summed E-state index contributed by atoms with van der Waals surface area (Å²) in [5, 5.41) is 15.8. The topological polar surface area (TPSA) is 89.7 Å². The van der Waals surface area contributed by atoms with E-state index >= 15 is 0 Å². The summed E-state index contributed by atoms with van der Waals surface area (Å²) in [4.78, 5) is 14.0. The van der Waals surface area contributed by atoms with E-state index in [9.17, 15) is 10.1 Å². The van der Waals surface area contributed by atoms with Crippen LogP contribution in [0.25, 0.3) is 0 Å². The van der Waals surface area contributed by atoms with Crippen molar-refractivity contribution in [3.63, 3.8) is 0 Å². The van der Waals surface area contributed by atoms with Gasteiger partial charge in [-0.15, -0.1) is 0 Å². The Morgan fingerprint density at radius 1 is 1.21 bits per heavy atom.